The normalized spacial score (nSPS) is 10.5. The minimum atomic E-state index is 0.222. The molecule has 25 heavy (non-hydrogen) atoms. The maximum absolute atomic E-state index is 9.64. The van der Waals surface area contributed by atoms with Gasteiger partial charge in [0.15, 0.2) is 21.9 Å². The van der Waals surface area contributed by atoms with Crippen molar-refractivity contribution in [1.29, 1.82) is 5.26 Å². The molecule has 0 saturated carbocycles. The number of hydrogen-bond donors (Lipinski definition) is 2. The van der Waals surface area contributed by atoms with Crippen molar-refractivity contribution in [2.45, 2.75) is 0 Å². The Balaban J connectivity index is 2.39. The summed E-state index contributed by atoms with van der Waals surface area (Å²) >= 11 is 10.5. The summed E-state index contributed by atoms with van der Waals surface area (Å²) in [7, 11) is 4.55. The van der Waals surface area contributed by atoms with Crippen LogP contribution in [0.4, 0.5) is 0 Å². The summed E-state index contributed by atoms with van der Waals surface area (Å²) in [6, 6.07) is 5.55. The summed E-state index contributed by atoms with van der Waals surface area (Å²) in [5.41, 5.74) is 1.71. The molecule has 10 heteroatoms. The number of aromatic nitrogens is 4. The van der Waals surface area contributed by atoms with Crippen LogP contribution in [0.15, 0.2) is 12.1 Å². The van der Waals surface area contributed by atoms with E-state index in [1.165, 1.54) is 25.7 Å². The number of nitrogens with zero attached hydrogens (tertiary/aromatic N) is 3. The third-order valence-electron chi connectivity index (χ3n) is 3.64. The van der Waals surface area contributed by atoms with Crippen LogP contribution < -0.4 is 14.2 Å². The third kappa shape index (κ3) is 2.63. The third-order valence-corrected chi connectivity index (χ3v) is 4.20. The number of methoxy groups -OCH3 is 3. The van der Waals surface area contributed by atoms with Crippen molar-refractivity contribution < 1.29 is 14.2 Å². The highest BCUT2D eigenvalue weighted by atomic mass is 32.1. The summed E-state index contributed by atoms with van der Waals surface area (Å²) < 4.78 is 18.1. The molecule has 0 aliphatic heterocycles. The highest BCUT2D eigenvalue weighted by Crippen LogP contribution is 2.41. The maximum atomic E-state index is 9.64. The smallest absolute Gasteiger partial charge is 0.208 e. The van der Waals surface area contributed by atoms with Gasteiger partial charge >= 0.3 is 0 Å². The molecule has 0 radical (unpaired) electrons. The van der Waals surface area contributed by atoms with Gasteiger partial charge in [-0.15, -0.1) is 0 Å². The van der Waals surface area contributed by atoms with E-state index in [0.29, 0.717) is 38.9 Å². The number of ether oxygens (including phenoxy) is 3. The van der Waals surface area contributed by atoms with Crippen LogP contribution in [0.3, 0.4) is 0 Å². The van der Waals surface area contributed by atoms with Crippen molar-refractivity contribution in [2.75, 3.05) is 21.3 Å². The van der Waals surface area contributed by atoms with E-state index < -0.39 is 0 Å². The van der Waals surface area contributed by atoms with Gasteiger partial charge in [0.25, 0.3) is 0 Å². The summed E-state index contributed by atoms with van der Waals surface area (Å²) in [5.74, 6) is 1.34. The van der Waals surface area contributed by atoms with Crippen LogP contribution in [-0.4, -0.2) is 40.9 Å². The van der Waals surface area contributed by atoms with Gasteiger partial charge in [-0.05, 0) is 36.6 Å². The summed E-state index contributed by atoms with van der Waals surface area (Å²) in [6.07, 6.45) is 0. The van der Waals surface area contributed by atoms with Crippen molar-refractivity contribution in [1.82, 2.24) is 19.6 Å². The molecule has 0 aliphatic rings. The molecule has 2 N–H and O–H groups in total. The molecule has 128 valence electrons. The molecule has 8 nitrogen and oxygen atoms in total. The van der Waals surface area contributed by atoms with E-state index in [0.717, 1.165) is 0 Å². The van der Waals surface area contributed by atoms with Gasteiger partial charge in [-0.2, -0.15) is 5.26 Å². The first-order valence-electron chi connectivity index (χ1n) is 6.99. The standard InChI is InChI=1S/C15H13N5O3S2/c1-21-9-4-7(5-10(22-2)12(9)23-3)11-8(6-16)13-18-19-15(25)20(13)14(24)17-11/h4-5,18H,1-3H3,(H,19,25). The van der Waals surface area contributed by atoms with E-state index in [4.69, 9.17) is 38.6 Å². The van der Waals surface area contributed by atoms with Gasteiger partial charge in [0.2, 0.25) is 10.5 Å². The molecule has 3 rings (SSSR count). The average molecular weight is 375 g/mol. The Kier molecular flexibility index (Phi) is 4.43. The Morgan fingerprint density at radius 3 is 2.24 bits per heavy atom. The zero-order chi connectivity index (χ0) is 18.1. The van der Waals surface area contributed by atoms with Crippen molar-refractivity contribution in [3.05, 3.63) is 27.2 Å². The summed E-state index contributed by atoms with van der Waals surface area (Å²) in [5, 5.41) is 15.3. The molecule has 2 heterocycles. The summed E-state index contributed by atoms with van der Waals surface area (Å²) in [4.78, 5) is 4.38. The van der Waals surface area contributed by atoms with Crippen LogP contribution in [0.25, 0.3) is 16.9 Å². The van der Waals surface area contributed by atoms with Gasteiger partial charge in [0.05, 0.1) is 27.0 Å². The minimum absolute atomic E-state index is 0.222. The van der Waals surface area contributed by atoms with E-state index in [1.807, 2.05) is 0 Å². The lowest BCUT2D eigenvalue weighted by Gasteiger charge is -2.14. The van der Waals surface area contributed by atoms with Crippen molar-refractivity contribution in [3.63, 3.8) is 0 Å². The van der Waals surface area contributed by atoms with Crippen LogP contribution in [0.2, 0.25) is 0 Å². The Labute approximate surface area is 152 Å². The number of hydrogen-bond acceptors (Lipinski definition) is 7. The van der Waals surface area contributed by atoms with Crippen molar-refractivity contribution in [2.24, 2.45) is 0 Å². The molecule has 3 aromatic rings. The molecular weight excluding hydrogens is 362 g/mol. The lowest BCUT2D eigenvalue weighted by Crippen LogP contribution is -2.01. The summed E-state index contributed by atoms with van der Waals surface area (Å²) in [6.45, 7) is 0. The molecule has 1 aromatic carbocycles. The molecule has 0 atom stereocenters. The number of aromatic amines is 2. The second-order valence-corrected chi connectivity index (χ2v) is 5.63. The largest absolute Gasteiger partial charge is 0.493 e. The molecule has 0 amide bonds. The van der Waals surface area contributed by atoms with Gasteiger partial charge in [-0.1, -0.05) is 0 Å². The second-order valence-electron chi connectivity index (χ2n) is 4.88. The lowest BCUT2D eigenvalue weighted by atomic mass is 10.1. The molecule has 0 unspecified atom stereocenters. The van der Waals surface area contributed by atoms with Gasteiger partial charge < -0.3 is 14.2 Å². The van der Waals surface area contributed by atoms with Crippen molar-refractivity contribution in [3.8, 4) is 34.6 Å². The highest BCUT2D eigenvalue weighted by molar-refractivity contribution is 7.71. The predicted octanol–water partition coefficient (Wildman–Crippen LogP) is 3.01. The van der Waals surface area contributed by atoms with Crippen molar-refractivity contribution >= 4 is 30.1 Å². The highest BCUT2D eigenvalue weighted by Gasteiger charge is 2.19. The second kappa shape index (κ2) is 6.54. The van der Waals surface area contributed by atoms with E-state index >= 15 is 0 Å². The lowest BCUT2D eigenvalue weighted by molar-refractivity contribution is 0.324. The van der Waals surface area contributed by atoms with Crippen LogP contribution in [0.1, 0.15) is 5.56 Å². The Hall–Kier alpha value is -2.90. The predicted molar refractivity (Wildman–Crippen MR) is 95.4 cm³/mol. The molecule has 0 spiro atoms. The SMILES string of the molecule is COc1cc(-c2nc(=S)n3c(=S)[nH][nH]c3c2C#N)cc(OC)c1OC. The Bertz CT molecular complexity index is 1100. The van der Waals surface area contributed by atoms with E-state index in [1.54, 1.807) is 12.1 Å². The number of fused-ring (bicyclic) bond motifs is 1. The fourth-order valence-corrected chi connectivity index (χ4v) is 3.09. The zero-order valence-corrected chi connectivity index (χ0v) is 15.2. The van der Waals surface area contributed by atoms with Gasteiger partial charge in [-0.3, -0.25) is 10.2 Å². The number of nitriles is 1. The van der Waals surface area contributed by atoms with Crippen LogP contribution >= 0.6 is 24.4 Å². The number of nitrogens with one attached hydrogen (secondary N) is 2. The van der Waals surface area contributed by atoms with E-state index in [9.17, 15) is 5.26 Å². The maximum Gasteiger partial charge on any atom is 0.208 e. The fraction of sp³-hybridized carbons (Fsp3) is 0.200. The fourth-order valence-electron chi connectivity index (χ4n) is 2.53. The van der Waals surface area contributed by atoms with Gasteiger partial charge in [0, 0.05) is 5.56 Å². The molecule has 0 fully saturated rings. The first-order chi connectivity index (χ1) is 12.0. The molecule has 0 aliphatic carbocycles. The molecular formula is C15H13N5O3S2. The first kappa shape index (κ1) is 16.9. The first-order valence-corrected chi connectivity index (χ1v) is 7.81. The molecule has 2 aromatic heterocycles. The van der Waals surface area contributed by atoms with Gasteiger partial charge in [0.1, 0.15) is 11.6 Å². The van der Waals surface area contributed by atoms with E-state index in [-0.39, 0.29) is 10.3 Å². The van der Waals surface area contributed by atoms with Crippen LogP contribution in [0, 0.1) is 20.9 Å². The topological polar surface area (TPSA) is 100 Å². The monoisotopic (exact) mass is 375 g/mol. The quantitative estimate of drug-likeness (QED) is 0.676. The molecule has 0 bridgehead atoms. The number of rotatable bonds is 4. The number of H-pyrrole nitrogens is 2. The number of benzene rings is 1. The van der Waals surface area contributed by atoms with E-state index in [2.05, 4.69) is 21.3 Å². The molecule has 0 saturated heterocycles. The Morgan fingerprint density at radius 1 is 1.08 bits per heavy atom. The van der Waals surface area contributed by atoms with Crippen LogP contribution in [-0.2, 0) is 0 Å². The Morgan fingerprint density at radius 2 is 1.72 bits per heavy atom. The zero-order valence-electron chi connectivity index (χ0n) is 13.5. The average Bonchev–Trinajstić information content (AvgIpc) is 3.02. The minimum Gasteiger partial charge on any atom is -0.493 e. The van der Waals surface area contributed by atoms with Crippen LogP contribution in [0.5, 0.6) is 17.2 Å². The van der Waals surface area contributed by atoms with Gasteiger partial charge in [-0.25, -0.2) is 9.38 Å².